The molecule has 0 bridgehead atoms. The topological polar surface area (TPSA) is 73.6 Å². The highest BCUT2D eigenvalue weighted by Crippen LogP contribution is 2.28. The van der Waals surface area contributed by atoms with Gasteiger partial charge in [0.1, 0.15) is 5.69 Å². The summed E-state index contributed by atoms with van der Waals surface area (Å²) in [5, 5.41) is 14.0. The lowest BCUT2D eigenvalue weighted by molar-refractivity contribution is -0.384. The molecule has 1 N–H and O–H groups in total. The lowest BCUT2D eigenvalue weighted by atomic mass is 10.1. The maximum absolute atomic E-state index is 10.9. The Morgan fingerprint density at radius 2 is 1.82 bits per heavy atom. The molecule has 0 atom stereocenters. The van der Waals surface area contributed by atoms with Gasteiger partial charge in [0, 0.05) is 12.6 Å². The second kappa shape index (κ2) is 7.31. The van der Waals surface area contributed by atoms with E-state index in [-0.39, 0.29) is 5.69 Å². The quantitative estimate of drug-likeness (QED) is 0.627. The van der Waals surface area contributed by atoms with E-state index in [2.05, 4.69) is 5.32 Å². The Morgan fingerprint density at radius 1 is 1.09 bits per heavy atom. The van der Waals surface area contributed by atoms with Gasteiger partial charge in [-0.15, -0.1) is 0 Å². The SMILES string of the molecule is COc1ccc(CCNc2ccccc2[N+](=O)[O-])cc1OC. The van der Waals surface area contributed by atoms with Crippen LogP contribution < -0.4 is 14.8 Å². The highest BCUT2D eigenvalue weighted by molar-refractivity contribution is 5.61. The molecule has 0 unspecified atom stereocenters. The molecule has 6 nitrogen and oxygen atoms in total. The van der Waals surface area contributed by atoms with Crippen molar-refractivity contribution >= 4 is 11.4 Å². The third kappa shape index (κ3) is 3.66. The van der Waals surface area contributed by atoms with Gasteiger partial charge in [-0.05, 0) is 30.2 Å². The van der Waals surface area contributed by atoms with E-state index in [1.807, 2.05) is 18.2 Å². The van der Waals surface area contributed by atoms with Crippen molar-refractivity contribution in [3.8, 4) is 11.5 Å². The van der Waals surface area contributed by atoms with Crippen molar-refractivity contribution in [2.45, 2.75) is 6.42 Å². The molecule has 0 amide bonds. The van der Waals surface area contributed by atoms with Gasteiger partial charge >= 0.3 is 0 Å². The number of nitrogens with one attached hydrogen (secondary N) is 1. The number of benzene rings is 2. The van der Waals surface area contributed by atoms with Crippen LogP contribution in [0.2, 0.25) is 0 Å². The van der Waals surface area contributed by atoms with Crippen molar-refractivity contribution in [1.82, 2.24) is 0 Å². The normalized spacial score (nSPS) is 10.1. The van der Waals surface area contributed by atoms with E-state index in [4.69, 9.17) is 9.47 Å². The van der Waals surface area contributed by atoms with Crippen molar-refractivity contribution in [2.75, 3.05) is 26.1 Å². The fourth-order valence-corrected chi connectivity index (χ4v) is 2.16. The predicted molar refractivity (Wildman–Crippen MR) is 84.8 cm³/mol. The summed E-state index contributed by atoms with van der Waals surface area (Å²) >= 11 is 0. The van der Waals surface area contributed by atoms with Crippen molar-refractivity contribution < 1.29 is 14.4 Å². The fourth-order valence-electron chi connectivity index (χ4n) is 2.16. The van der Waals surface area contributed by atoms with Crippen LogP contribution in [0.15, 0.2) is 42.5 Å². The minimum Gasteiger partial charge on any atom is -0.493 e. The summed E-state index contributed by atoms with van der Waals surface area (Å²) < 4.78 is 10.4. The molecule has 2 aromatic rings. The van der Waals surface area contributed by atoms with Crippen LogP contribution in [0.5, 0.6) is 11.5 Å². The molecule has 2 rings (SSSR count). The fraction of sp³-hybridized carbons (Fsp3) is 0.250. The third-order valence-electron chi connectivity index (χ3n) is 3.28. The second-order valence-electron chi connectivity index (χ2n) is 4.64. The zero-order chi connectivity index (χ0) is 15.9. The molecular formula is C16H18N2O4. The average Bonchev–Trinajstić information content (AvgIpc) is 2.55. The number of methoxy groups -OCH3 is 2. The molecule has 116 valence electrons. The van der Waals surface area contributed by atoms with Gasteiger partial charge in [-0.3, -0.25) is 10.1 Å². The third-order valence-corrected chi connectivity index (χ3v) is 3.28. The van der Waals surface area contributed by atoms with Crippen LogP contribution in [0.1, 0.15) is 5.56 Å². The number of ether oxygens (including phenoxy) is 2. The highest BCUT2D eigenvalue weighted by atomic mass is 16.6. The van der Waals surface area contributed by atoms with Gasteiger partial charge in [0.2, 0.25) is 0 Å². The molecule has 0 spiro atoms. The van der Waals surface area contributed by atoms with E-state index in [1.165, 1.54) is 6.07 Å². The van der Waals surface area contributed by atoms with E-state index in [9.17, 15) is 10.1 Å². The molecular weight excluding hydrogens is 284 g/mol. The largest absolute Gasteiger partial charge is 0.493 e. The number of rotatable bonds is 7. The Hall–Kier alpha value is -2.76. The maximum Gasteiger partial charge on any atom is 0.292 e. The zero-order valence-corrected chi connectivity index (χ0v) is 12.5. The van der Waals surface area contributed by atoms with E-state index in [0.717, 1.165) is 5.56 Å². The van der Waals surface area contributed by atoms with Crippen LogP contribution in [-0.4, -0.2) is 25.7 Å². The predicted octanol–water partition coefficient (Wildman–Crippen LogP) is 3.27. The van der Waals surface area contributed by atoms with Crippen LogP contribution >= 0.6 is 0 Å². The maximum atomic E-state index is 10.9. The lowest BCUT2D eigenvalue weighted by Gasteiger charge is -2.10. The van der Waals surface area contributed by atoms with Crippen molar-refractivity contribution in [1.29, 1.82) is 0 Å². The minimum atomic E-state index is -0.390. The molecule has 0 saturated carbocycles. The Bertz CT molecular complexity index is 658. The first-order valence-electron chi connectivity index (χ1n) is 6.84. The standard InChI is InChI=1S/C16H18N2O4/c1-21-15-8-7-12(11-16(15)22-2)9-10-17-13-5-3-4-6-14(13)18(19)20/h3-8,11,17H,9-10H2,1-2H3. The lowest BCUT2D eigenvalue weighted by Crippen LogP contribution is -2.07. The highest BCUT2D eigenvalue weighted by Gasteiger charge is 2.11. The van der Waals surface area contributed by atoms with Gasteiger partial charge in [0.25, 0.3) is 5.69 Å². The summed E-state index contributed by atoms with van der Waals surface area (Å²) in [6.07, 6.45) is 0.715. The number of hydrogen-bond acceptors (Lipinski definition) is 5. The van der Waals surface area contributed by atoms with E-state index in [0.29, 0.717) is 30.2 Å². The molecule has 2 aromatic carbocycles. The molecule has 0 aliphatic carbocycles. The summed E-state index contributed by atoms with van der Waals surface area (Å²) in [6.45, 7) is 0.584. The average molecular weight is 302 g/mol. The van der Waals surface area contributed by atoms with Crippen molar-refractivity contribution in [3.05, 3.63) is 58.1 Å². The summed E-state index contributed by atoms with van der Waals surface area (Å²) in [7, 11) is 3.18. The van der Waals surface area contributed by atoms with Crippen LogP contribution in [0.25, 0.3) is 0 Å². The molecule has 0 fully saturated rings. The van der Waals surface area contributed by atoms with Crippen molar-refractivity contribution in [2.24, 2.45) is 0 Å². The minimum absolute atomic E-state index is 0.0785. The Balaban J connectivity index is 2.01. The van der Waals surface area contributed by atoms with Gasteiger partial charge in [-0.25, -0.2) is 0 Å². The summed E-state index contributed by atoms with van der Waals surface area (Å²) in [5.74, 6) is 1.35. The Kier molecular flexibility index (Phi) is 5.19. The molecule has 22 heavy (non-hydrogen) atoms. The van der Waals surface area contributed by atoms with Crippen molar-refractivity contribution in [3.63, 3.8) is 0 Å². The van der Waals surface area contributed by atoms with Crippen LogP contribution in [0.4, 0.5) is 11.4 Å². The molecule has 0 saturated heterocycles. The number of nitro benzene ring substituents is 1. The van der Waals surface area contributed by atoms with Crippen LogP contribution in [-0.2, 0) is 6.42 Å². The summed E-state index contributed by atoms with van der Waals surface area (Å²) in [6, 6.07) is 12.3. The van der Waals surface area contributed by atoms with Crippen LogP contribution in [0.3, 0.4) is 0 Å². The Morgan fingerprint density at radius 3 is 2.50 bits per heavy atom. The first-order valence-corrected chi connectivity index (χ1v) is 6.84. The van der Waals surface area contributed by atoms with Gasteiger partial charge in [0.15, 0.2) is 11.5 Å². The number of para-hydroxylation sites is 2. The molecule has 0 heterocycles. The molecule has 0 aliphatic rings. The van der Waals surface area contributed by atoms with Crippen LogP contribution in [0, 0.1) is 10.1 Å². The van der Waals surface area contributed by atoms with E-state index < -0.39 is 4.92 Å². The zero-order valence-electron chi connectivity index (χ0n) is 12.5. The summed E-state index contributed by atoms with van der Waals surface area (Å²) in [4.78, 5) is 10.6. The van der Waals surface area contributed by atoms with Gasteiger partial charge in [-0.1, -0.05) is 18.2 Å². The smallest absolute Gasteiger partial charge is 0.292 e. The number of hydrogen-bond donors (Lipinski definition) is 1. The van der Waals surface area contributed by atoms with Gasteiger partial charge in [0.05, 0.1) is 19.1 Å². The number of nitrogens with zero attached hydrogens (tertiary/aromatic N) is 1. The van der Waals surface area contributed by atoms with E-state index in [1.54, 1.807) is 32.4 Å². The second-order valence-corrected chi connectivity index (χ2v) is 4.64. The number of nitro groups is 1. The van der Waals surface area contributed by atoms with Gasteiger partial charge in [-0.2, -0.15) is 0 Å². The molecule has 6 heteroatoms. The summed E-state index contributed by atoms with van der Waals surface area (Å²) in [5.41, 5.74) is 1.66. The van der Waals surface area contributed by atoms with Gasteiger partial charge < -0.3 is 14.8 Å². The number of anilines is 1. The Labute approximate surface area is 128 Å². The molecule has 0 radical (unpaired) electrons. The molecule has 0 aromatic heterocycles. The van der Waals surface area contributed by atoms with E-state index >= 15 is 0 Å². The molecule has 0 aliphatic heterocycles. The monoisotopic (exact) mass is 302 g/mol. The first-order chi connectivity index (χ1) is 10.7. The first kappa shape index (κ1) is 15.6.